The van der Waals surface area contributed by atoms with E-state index in [1.807, 2.05) is 35.7 Å². The zero-order chi connectivity index (χ0) is 27.5. The number of fused-ring (bicyclic) bond motifs is 1. The van der Waals surface area contributed by atoms with Crippen LogP contribution in [0.25, 0.3) is 22.0 Å². The van der Waals surface area contributed by atoms with Crippen LogP contribution in [0.2, 0.25) is 0 Å². The molecule has 0 radical (unpaired) electrons. The molecule has 0 bridgehead atoms. The first-order valence-electron chi connectivity index (χ1n) is 13.9. The normalized spacial score (nSPS) is 12.9. The van der Waals surface area contributed by atoms with Crippen LogP contribution in [0, 0.1) is 6.92 Å². The van der Waals surface area contributed by atoms with Crippen molar-refractivity contribution < 1.29 is 4.79 Å². The summed E-state index contributed by atoms with van der Waals surface area (Å²) in [6.45, 7) is 3.36. The highest BCUT2D eigenvalue weighted by molar-refractivity contribution is 5.92. The Balaban J connectivity index is 1.20. The Bertz CT molecular complexity index is 1640. The number of anilines is 1. The van der Waals surface area contributed by atoms with Gasteiger partial charge in [0.1, 0.15) is 12.1 Å². The summed E-state index contributed by atoms with van der Waals surface area (Å²) in [5.74, 6) is 1.000. The van der Waals surface area contributed by atoms with E-state index in [-0.39, 0.29) is 5.91 Å². The number of hydrogen-bond donors (Lipinski definition) is 1. The van der Waals surface area contributed by atoms with Gasteiger partial charge < -0.3 is 10.2 Å². The number of aryl methyl sites for hydroxylation is 2. The second-order valence-electron chi connectivity index (χ2n) is 10.6. The van der Waals surface area contributed by atoms with E-state index in [4.69, 9.17) is 0 Å². The molecule has 6 rings (SSSR count). The Morgan fingerprint density at radius 1 is 0.950 bits per heavy atom. The van der Waals surface area contributed by atoms with Gasteiger partial charge >= 0.3 is 0 Å². The highest BCUT2D eigenvalue weighted by Gasteiger charge is 2.32. The Morgan fingerprint density at radius 2 is 1.75 bits per heavy atom. The lowest BCUT2D eigenvalue weighted by atomic mass is 10.0. The van der Waals surface area contributed by atoms with Gasteiger partial charge in [0.05, 0.1) is 17.6 Å². The van der Waals surface area contributed by atoms with Gasteiger partial charge in [-0.2, -0.15) is 5.10 Å². The summed E-state index contributed by atoms with van der Waals surface area (Å²) in [5, 5.41) is 8.91. The molecule has 1 fully saturated rings. The van der Waals surface area contributed by atoms with Crippen LogP contribution in [0.5, 0.6) is 0 Å². The molecule has 0 unspecified atom stereocenters. The number of carbonyl (C=O) groups is 1. The molecule has 7 nitrogen and oxygen atoms in total. The largest absolute Gasteiger partial charge is 0.369 e. The molecule has 0 atom stereocenters. The van der Waals surface area contributed by atoms with Crippen LogP contribution in [0.3, 0.4) is 0 Å². The molecule has 1 saturated carbocycles. The number of nitrogens with one attached hydrogen (secondary N) is 1. The van der Waals surface area contributed by atoms with Gasteiger partial charge in [0.15, 0.2) is 0 Å². The predicted octanol–water partition coefficient (Wildman–Crippen LogP) is 5.73. The molecule has 202 valence electrons. The van der Waals surface area contributed by atoms with E-state index in [0.29, 0.717) is 19.0 Å². The van der Waals surface area contributed by atoms with Gasteiger partial charge in [0, 0.05) is 37.3 Å². The maximum Gasteiger partial charge on any atom is 0.229 e. The minimum atomic E-state index is 0.157. The molecule has 1 amide bonds. The van der Waals surface area contributed by atoms with E-state index in [2.05, 4.69) is 87.1 Å². The molecule has 0 saturated heterocycles. The molecule has 0 aliphatic heterocycles. The Labute approximate surface area is 234 Å². The van der Waals surface area contributed by atoms with Crippen molar-refractivity contribution in [3.05, 3.63) is 108 Å². The lowest BCUT2D eigenvalue weighted by Gasteiger charge is -2.23. The van der Waals surface area contributed by atoms with E-state index in [9.17, 15) is 4.79 Å². The van der Waals surface area contributed by atoms with Gasteiger partial charge in [0.2, 0.25) is 5.91 Å². The topological polar surface area (TPSA) is 75.9 Å². The smallest absolute Gasteiger partial charge is 0.229 e. The molecule has 1 N–H and O–H groups in total. The summed E-state index contributed by atoms with van der Waals surface area (Å²) >= 11 is 0. The van der Waals surface area contributed by atoms with Crippen LogP contribution in [-0.4, -0.2) is 43.1 Å². The summed E-state index contributed by atoms with van der Waals surface area (Å²) in [6, 6.07) is 27.6. The third kappa shape index (κ3) is 5.88. The zero-order valence-corrected chi connectivity index (χ0v) is 23.0. The van der Waals surface area contributed by atoms with Crippen molar-refractivity contribution in [3.63, 3.8) is 0 Å². The number of benzene rings is 3. The van der Waals surface area contributed by atoms with Crippen molar-refractivity contribution in [2.45, 2.75) is 45.2 Å². The van der Waals surface area contributed by atoms with E-state index in [1.165, 1.54) is 5.56 Å². The van der Waals surface area contributed by atoms with E-state index in [0.717, 1.165) is 70.6 Å². The summed E-state index contributed by atoms with van der Waals surface area (Å²) in [7, 11) is 1.90. The Hall–Kier alpha value is -4.52. The highest BCUT2D eigenvalue weighted by atomic mass is 16.2. The number of carbonyl (C=O) groups excluding carboxylic acids is 1. The number of hydrogen-bond acceptors (Lipinski definition) is 5. The van der Waals surface area contributed by atoms with Crippen LogP contribution in [-0.2, 0) is 31.2 Å². The van der Waals surface area contributed by atoms with Crippen molar-refractivity contribution in [2.24, 2.45) is 7.05 Å². The number of amides is 1. The van der Waals surface area contributed by atoms with E-state index >= 15 is 0 Å². The maximum absolute atomic E-state index is 13.3. The second kappa shape index (κ2) is 11.3. The zero-order valence-electron chi connectivity index (χ0n) is 23.0. The standard InChI is InChI=1S/C33H34N6O/c1-23-17-29(38(2)37-23)20-32(40)39(28-12-13-28)21-25-9-6-10-26(18-25)27-11-14-31-30(19-27)33(36-22-35-31)34-16-15-24-7-4-3-5-8-24/h3-11,14,17-19,22,28H,12-13,15-16,20-21H2,1-2H3,(H,34,35,36). The van der Waals surface area contributed by atoms with Crippen molar-refractivity contribution >= 4 is 22.6 Å². The fraction of sp³-hybridized carbons (Fsp3) is 0.273. The van der Waals surface area contributed by atoms with Crippen LogP contribution >= 0.6 is 0 Å². The Kier molecular flexibility index (Phi) is 7.27. The third-order valence-electron chi connectivity index (χ3n) is 7.54. The van der Waals surface area contributed by atoms with Crippen molar-refractivity contribution in [3.8, 4) is 11.1 Å². The van der Waals surface area contributed by atoms with E-state index in [1.54, 1.807) is 6.33 Å². The van der Waals surface area contributed by atoms with Gasteiger partial charge in [-0.15, -0.1) is 0 Å². The molecule has 1 aliphatic rings. The number of nitrogens with zero attached hydrogens (tertiary/aromatic N) is 5. The van der Waals surface area contributed by atoms with Crippen LogP contribution in [0.4, 0.5) is 5.82 Å². The van der Waals surface area contributed by atoms with E-state index < -0.39 is 0 Å². The van der Waals surface area contributed by atoms with Crippen molar-refractivity contribution in [1.82, 2.24) is 24.6 Å². The first-order valence-corrected chi connectivity index (χ1v) is 13.9. The molecular weight excluding hydrogens is 496 g/mol. The average molecular weight is 531 g/mol. The molecule has 7 heteroatoms. The van der Waals surface area contributed by atoms with Gasteiger partial charge in [-0.3, -0.25) is 9.48 Å². The summed E-state index contributed by atoms with van der Waals surface area (Å²) in [5.41, 5.74) is 7.44. The summed E-state index contributed by atoms with van der Waals surface area (Å²) < 4.78 is 1.81. The highest BCUT2D eigenvalue weighted by Crippen LogP contribution is 2.31. The van der Waals surface area contributed by atoms with Crippen LogP contribution in [0.1, 0.15) is 35.4 Å². The minimum absolute atomic E-state index is 0.157. The van der Waals surface area contributed by atoms with Crippen molar-refractivity contribution in [2.75, 3.05) is 11.9 Å². The summed E-state index contributed by atoms with van der Waals surface area (Å²) in [6.07, 6.45) is 5.05. The van der Waals surface area contributed by atoms with Crippen molar-refractivity contribution in [1.29, 1.82) is 0 Å². The molecule has 2 heterocycles. The second-order valence-corrected chi connectivity index (χ2v) is 10.6. The third-order valence-corrected chi connectivity index (χ3v) is 7.54. The maximum atomic E-state index is 13.3. The lowest BCUT2D eigenvalue weighted by Crippen LogP contribution is -2.34. The van der Waals surface area contributed by atoms with Gasteiger partial charge in [-0.25, -0.2) is 9.97 Å². The first-order chi connectivity index (χ1) is 19.5. The monoisotopic (exact) mass is 530 g/mol. The average Bonchev–Trinajstić information content (AvgIpc) is 3.76. The first kappa shape index (κ1) is 25.7. The molecule has 1 aliphatic carbocycles. The molecule has 5 aromatic rings. The molecule has 0 spiro atoms. The summed E-state index contributed by atoms with van der Waals surface area (Å²) in [4.78, 5) is 24.4. The van der Waals surface area contributed by atoms with Gasteiger partial charge in [-0.1, -0.05) is 54.6 Å². The fourth-order valence-corrected chi connectivity index (χ4v) is 5.29. The molecule has 3 aromatic carbocycles. The number of rotatable bonds is 10. The molecular formula is C33H34N6O. The lowest BCUT2D eigenvalue weighted by molar-refractivity contribution is -0.131. The fourth-order valence-electron chi connectivity index (χ4n) is 5.29. The van der Waals surface area contributed by atoms with Crippen LogP contribution < -0.4 is 5.32 Å². The number of aromatic nitrogens is 4. The Morgan fingerprint density at radius 3 is 2.52 bits per heavy atom. The van der Waals surface area contributed by atoms with Gasteiger partial charge in [-0.05, 0) is 72.7 Å². The quantitative estimate of drug-likeness (QED) is 0.250. The molecule has 2 aromatic heterocycles. The van der Waals surface area contributed by atoms with Crippen LogP contribution in [0.15, 0.2) is 85.2 Å². The molecule has 40 heavy (non-hydrogen) atoms. The van der Waals surface area contributed by atoms with Gasteiger partial charge in [0.25, 0.3) is 0 Å². The SMILES string of the molecule is Cc1cc(CC(=O)N(Cc2cccc(-c3ccc4ncnc(NCCc5ccccc5)c4c3)c2)C2CC2)n(C)n1. The predicted molar refractivity (Wildman–Crippen MR) is 159 cm³/mol. The minimum Gasteiger partial charge on any atom is -0.369 e.